The molecule has 7 heteroatoms. The third-order valence-corrected chi connectivity index (χ3v) is 4.25. The zero-order valence-electron chi connectivity index (χ0n) is 13.0. The Morgan fingerprint density at radius 2 is 2.09 bits per heavy atom. The van der Waals surface area contributed by atoms with Gasteiger partial charge < -0.3 is 20.1 Å². The molecule has 23 heavy (non-hydrogen) atoms. The van der Waals surface area contributed by atoms with E-state index in [4.69, 9.17) is 21.4 Å². The van der Waals surface area contributed by atoms with Gasteiger partial charge in [0.25, 0.3) is 0 Å². The first-order chi connectivity index (χ1) is 11.0. The number of nitrogens with zero attached hydrogens (tertiary/aromatic N) is 1. The van der Waals surface area contributed by atoms with Gasteiger partial charge in [0, 0.05) is 31.1 Å². The Balaban J connectivity index is 1.79. The Morgan fingerprint density at radius 1 is 1.39 bits per heavy atom. The number of methoxy groups -OCH3 is 1. The summed E-state index contributed by atoms with van der Waals surface area (Å²) in [5, 5.41) is 12.7. The van der Waals surface area contributed by atoms with Gasteiger partial charge in [0.2, 0.25) is 5.91 Å². The lowest BCUT2D eigenvalue weighted by molar-refractivity contribution is -0.145. The van der Waals surface area contributed by atoms with Crippen molar-refractivity contribution in [2.24, 2.45) is 5.92 Å². The number of aliphatic carboxylic acids is 1. The van der Waals surface area contributed by atoms with Crippen molar-refractivity contribution in [3.05, 3.63) is 23.2 Å². The van der Waals surface area contributed by atoms with Gasteiger partial charge in [0.1, 0.15) is 5.75 Å². The number of carbonyl (C=O) groups is 2. The molecule has 6 nitrogen and oxygen atoms in total. The van der Waals surface area contributed by atoms with E-state index >= 15 is 0 Å². The summed E-state index contributed by atoms with van der Waals surface area (Å²) in [5.41, 5.74) is 0.748. The highest BCUT2D eigenvalue weighted by Crippen LogP contribution is 2.27. The second-order valence-corrected chi connectivity index (χ2v) is 5.95. The van der Waals surface area contributed by atoms with Gasteiger partial charge in [0.05, 0.1) is 18.7 Å². The molecule has 1 heterocycles. The first kappa shape index (κ1) is 17.4. The molecular formula is C16H21ClN2O4. The van der Waals surface area contributed by atoms with Gasteiger partial charge in [0.15, 0.2) is 0 Å². The minimum Gasteiger partial charge on any atom is -0.495 e. The van der Waals surface area contributed by atoms with E-state index in [0.29, 0.717) is 49.7 Å². The molecule has 1 aliphatic rings. The summed E-state index contributed by atoms with van der Waals surface area (Å²) in [4.78, 5) is 24.8. The highest BCUT2D eigenvalue weighted by atomic mass is 35.5. The minimum absolute atomic E-state index is 0.0299. The van der Waals surface area contributed by atoms with Crippen LogP contribution < -0.4 is 10.1 Å². The number of carboxylic acid groups (broad SMARTS) is 1. The van der Waals surface area contributed by atoms with Gasteiger partial charge in [-0.25, -0.2) is 0 Å². The van der Waals surface area contributed by atoms with Gasteiger partial charge in [-0.05, 0) is 31.0 Å². The molecule has 126 valence electrons. The van der Waals surface area contributed by atoms with Gasteiger partial charge in [-0.15, -0.1) is 0 Å². The van der Waals surface area contributed by atoms with Crippen LogP contribution in [0.15, 0.2) is 18.2 Å². The topological polar surface area (TPSA) is 78.9 Å². The Bertz CT molecular complexity index is 571. The normalized spacial score (nSPS) is 15.3. The Morgan fingerprint density at radius 3 is 2.70 bits per heavy atom. The maximum atomic E-state index is 12.2. The molecule has 1 aromatic rings. The fourth-order valence-electron chi connectivity index (χ4n) is 2.66. The third-order valence-electron chi connectivity index (χ3n) is 4.01. The standard InChI is InChI=1S/C16H21ClN2O4/c1-23-14-3-2-12(17)10-13(14)18-7-4-15(20)19-8-5-11(6-9-19)16(21)22/h2-3,10-11,18H,4-9H2,1H3,(H,21,22). The van der Waals surface area contributed by atoms with Crippen LogP contribution in [0.1, 0.15) is 19.3 Å². The first-order valence-corrected chi connectivity index (χ1v) is 7.97. The summed E-state index contributed by atoms with van der Waals surface area (Å²) in [7, 11) is 1.58. The van der Waals surface area contributed by atoms with Crippen LogP contribution in [0.4, 0.5) is 5.69 Å². The maximum absolute atomic E-state index is 12.2. The van der Waals surface area contributed by atoms with Gasteiger partial charge in [-0.3, -0.25) is 9.59 Å². The number of rotatable bonds is 6. The smallest absolute Gasteiger partial charge is 0.306 e. The number of halogens is 1. The molecule has 0 atom stereocenters. The molecule has 0 unspecified atom stereocenters. The zero-order valence-corrected chi connectivity index (χ0v) is 13.8. The van der Waals surface area contributed by atoms with Crippen LogP contribution in [-0.4, -0.2) is 48.6 Å². The van der Waals surface area contributed by atoms with Gasteiger partial charge in [-0.1, -0.05) is 11.6 Å². The average molecular weight is 341 g/mol. The van der Waals surface area contributed by atoms with E-state index in [1.807, 2.05) is 0 Å². The molecule has 2 rings (SSSR count). The number of carboxylic acids is 1. The SMILES string of the molecule is COc1ccc(Cl)cc1NCCC(=O)N1CCC(C(=O)O)CC1. The van der Waals surface area contributed by atoms with Crippen molar-refractivity contribution in [2.45, 2.75) is 19.3 Å². The van der Waals surface area contributed by atoms with E-state index in [9.17, 15) is 9.59 Å². The number of anilines is 1. The zero-order chi connectivity index (χ0) is 16.8. The van der Waals surface area contributed by atoms with E-state index in [2.05, 4.69) is 5.32 Å². The van der Waals surface area contributed by atoms with Crippen molar-refractivity contribution in [3.63, 3.8) is 0 Å². The number of ether oxygens (including phenoxy) is 1. The van der Waals surface area contributed by atoms with Crippen LogP contribution in [0.25, 0.3) is 0 Å². The fourth-order valence-corrected chi connectivity index (χ4v) is 2.83. The van der Waals surface area contributed by atoms with Crippen molar-refractivity contribution < 1.29 is 19.4 Å². The molecule has 0 aliphatic carbocycles. The first-order valence-electron chi connectivity index (χ1n) is 7.59. The fraction of sp³-hybridized carbons (Fsp3) is 0.500. The van der Waals surface area contributed by atoms with Crippen LogP contribution in [0, 0.1) is 5.92 Å². The Hall–Kier alpha value is -1.95. The molecule has 2 N–H and O–H groups in total. The molecule has 1 aliphatic heterocycles. The summed E-state index contributed by atoms with van der Waals surface area (Å²) in [5.74, 6) is -0.397. The lowest BCUT2D eigenvalue weighted by atomic mass is 9.97. The minimum atomic E-state index is -0.771. The number of piperidine rings is 1. The van der Waals surface area contributed by atoms with E-state index in [-0.39, 0.29) is 11.8 Å². The number of carbonyl (C=O) groups excluding carboxylic acids is 1. The number of hydrogen-bond donors (Lipinski definition) is 2. The lowest BCUT2D eigenvalue weighted by Gasteiger charge is -2.30. The second-order valence-electron chi connectivity index (χ2n) is 5.51. The molecule has 1 aromatic carbocycles. The number of nitrogens with one attached hydrogen (secondary N) is 1. The van der Waals surface area contributed by atoms with Crippen molar-refractivity contribution in [1.29, 1.82) is 0 Å². The highest BCUT2D eigenvalue weighted by Gasteiger charge is 2.26. The van der Waals surface area contributed by atoms with Crippen LogP contribution in [0.3, 0.4) is 0 Å². The lowest BCUT2D eigenvalue weighted by Crippen LogP contribution is -2.40. The summed E-state index contributed by atoms with van der Waals surface area (Å²) < 4.78 is 5.24. The van der Waals surface area contributed by atoms with E-state index in [1.165, 1.54) is 0 Å². The molecule has 1 amide bonds. The Labute approximate surface area is 140 Å². The number of hydrogen-bond acceptors (Lipinski definition) is 4. The molecule has 0 bridgehead atoms. The summed E-state index contributed by atoms with van der Waals surface area (Å²) >= 11 is 5.96. The quantitative estimate of drug-likeness (QED) is 0.831. The average Bonchev–Trinajstić information content (AvgIpc) is 2.55. The predicted octanol–water partition coefficient (Wildman–Crippen LogP) is 2.47. The largest absolute Gasteiger partial charge is 0.495 e. The molecule has 1 fully saturated rings. The third kappa shape index (κ3) is 4.76. The van der Waals surface area contributed by atoms with Crippen molar-refractivity contribution in [2.75, 3.05) is 32.1 Å². The van der Waals surface area contributed by atoms with Crippen LogP contribution in [-0.2, 0) is 9.59 Å². The van der Waals surface area contributed by atoms with E-state index < -0.39 is 5.97 Å². The van der Waals surface area contributed by atoms with Crippen molar-refractivity contribution in [3.8, 4) is 5.75 Å². The van der Waals surface area contributed by atoms with Crippen LogP contribution in [0.2, 0.25) is 5.02 Å². The van der Waals surface area contributed by atoms with Crippen LogP contribution >= 0.6 is 11.6 Å². The Kier molecular flexibility index (Phi) is 6.10. The molecule has 0 aromatic heterocycles. The summed E-state index contributed by atoms with van der Waals surface area (Å²) in [6.45, 7) is 1.49. The molecule has 1 saturated heterocycles. The van der Waals surface area contributed by atoms with Gasteiger partial charge >= 0.3 is 5.97 Å². The predicted molar refractivity (Wildman–Crippen MR) is 88.1 cm³/mol. The van der Waals surface area contributed by atoms with Crippen LogP contribution in [0.5, 0.6) is 5.75 Å². The summed E-state index contributed by atoms with van der Waals surface area (Å²) in [6, 6.07) is 5.26. The molecular weight excluding hydrogens is 320 g/mol. The highest BCUT2D eigenvalue weighted by molar-refractivity contribution is 6.30. The van der Waals surface area contributed by atoms with Crippen molar-refractivity contribution >= 4 is 29.2 Å². The molecule has 0 saturated carbocycles. The summed E-state index contributed by atoms with van der Waals surface area (Å²) in [6.07, 6.45) is 1.39. The molecule has 0 radical (unpaired) electrons. The van der Waals surface area contributed by atoms with Crippen molar-refractivity contribution in [1.82, 2.24) is 4.90 Å². The maximum Gasteiger partial charge on any atom is 0.306 e. The molecule has 0 spiro atoms. The number of amides is 1. The van der Waals surface area contributed by atoms with Gasteiger partial charge in [-0.2, -0.15) is 0 Å². The van der Waals surface area contributed by atoms with E-state index in [0.717, 1.165) is 5.69 Å². The second kappa shape index (κ2) is 8.06. The van der Waals surface area contributed by atoms with E-state index in [1.54, 1.807) is 30.2 Å². The number of likely N-dealkylation sites (tertiary alicyclic amines) is 1. The monoisotopic (exact) mass is 340 g/mol. The number of benzene rings is 1.